The zero-order chi connectivity index (χ0) is 16.6. The van der Waals surface area contributed by atoms with E-state index in [9.17, 15) is 13.2 Å². The van der Waals surface area contributed by atoms with E-state index in [2.05, 4.69) is 20.0 Å². The number of nitrogens with zero attached hydrogens (tertiary/aromatic N) is 2. The monoisotopic (exact) mass is 319 g/mol. The number of hydrogen-bond donors (Lipinski definition) is 1. The van der Waals surface area contributed by atoms with Crippen molar-refractivity contribution in [3.63, 3.8) is 0 Å². The highest BCUT2D eigenvalue weighted by molar-refractivity contribution is 6.61. The summed E-state index contributed by atoms with van der Waals surface area (Å²) in [5.74, 6) is 0.0181. The van der Waals surface area contributed by atoms with Gasteiger partial charge < -0.3 is 14.6 Å². The van der Waals surface area contributed by atoms with Gasteiger partial charge in [0, 0.05) is 17.9 Å². The molecule has 1 N–H and O–H groups in total. The van der Waals surface area contributed by atoms with E-state index in [0.717, 1.165) is 0 Å². The minimum atomic E-state index is -4.70. The molecule has 0 amide bonds. The summed E-state index contributed by atoms with van der Waals surface area (Å²) in [5, 5.41) is 2.31. The average molecular weight is 319 g/mol. The van der Waals surface area contributed by atoms with Crippen molar-refractivity contribution in [1.82, 2.24) is 9.97 Å². The molecule has 0 saturated carbocycles. The molecule has 1 aromatic rings. The van der Waals surface area contributed by atoms with E-state index in [4.69, 9.17) is 9.31 Å². The normalized spacial score (nSPS) is 20.2. The van der Waals surface area contributed by atoms with Crippen molar-refractivity contribution in [3.05, 3.63) is 12.4 Å². The molecule has 1 saturated heterocycles. The highest BCUT2D eigenvalue weighted by Gasteiger charge is 2.51. The zero-order valence-corrected chi connectivity index (χ0v) is 12.7. The lowest BCUT2D eigenvalue weighted by Crippen LogP contribution is -2.41. The van der Waals surface area contributed by atoms with Crippen molar-refractivity contribution < 1.29 is 27.2 Å². The van der Waals surface area contributed by atoms with Gasteiger partial charge in [0.15, 0.2) is 0 Å². The van der Waals surface area contributed by atoms with Crippen molar-refractivity contribution in [2.45, 2.75) is 45.3 Å². The van der Waals surface area contributed by atoms with Gasteiger partial charge in [0.2, 0.25) is 5.95 Å². The molecule has 0 aromatic carbocycles. The molecular weight excluding hydrogens is 302 g/mol. The number of anilines is 1. The highest BCUT2D eigenvalue weighted by Crippen LogP contribution is 2.36. The molecule has 1 fully saturated rings. The quantitative estimate of drug-likeness (QED) is 0.673. The van der Waals surface area contributed by atoms with Crippen LogP contribution in [-0.4, -0.2) is 41.4 Å². The van der Waals surface area contributed by atoms with E-state index in [1.807, 2.05) is 27.7 Å². The van der Waals surface area contributed by atoms with Gasteiger partial charge in [0.1, 0.15) is 6.73 Å². The molecule has 2 rings (SSSR count). The van der Waals surface area contributed by atoms with Crippen molar-refractivity contribution in [2.75, 3.05) is 12.0 Å². The Bertz CT molecular complexity index is 507. The predicted molar refractivity (Wildman–Crippen MR) is 73.4 cm³/mol. The molecule has 0 spiro atoms. The number of nitrogens with one attached hydrogen (secondary N) is 1. The molecule has 1 aliphatic heterocycles. The van der Waals surface area contributed by atoms with E-state index in [-0.39, 0.29) is 5.95 Å². The van der Waals surface area contributed by atoms with Gasteiger partial charge in [0.25, 0.3) is 0 Å². The Morgan fingerprint density at radius 2 is 1.64 bits per heavy atom. The van der Waals surface area contributed by atoms with Crippen molar-refractivity contribution >= 4 is 18.5 Å². The molecule has 10 heteroatoms. The number of alkyl halides is 3. The van der Waals surface area contributed by atoms with E-state index < -0.39 is 31.4 Å². The van der Waals surface area contributed by atoms with Gasteiger partial charge in [-0.2, -0.15) is 0 Å². The third-order valence-electron chi connectivity index (χ3n) is 3.66. The standard InChI is InChI=1S/C12H17BF3N3O3/c1-10(2)11(3,4)22-13(21-10)8-5-17-9(18-6-8)19-7-20-12(14,15)16/h5-6H,7H2,1-4H3,(H,17,18,19). The van der Waals surface area contributed by atoms with Gasteiger partial charge in [0.05, 0.1) is 11.2 Å². The molecular formula is C12H17BF3N3O3. The van der Waals surface area contributed by atoms with Gasteiger partial charge in [-0.25, -0.2) is 9.97 Å². The van der Waals surface area contributed by atoms with E-state index in [1.54, 1.807) is 0 Å². The maximum atomic E-state index is 11.8. The van der Waals surface area contributed by atoms with Crippen LogP contribution in [0, 0.1) is 0 Å². The van der Waals surface area contributed by atoms with Crippen LogP contribution in [0.1, 0.15) is 27.7 Å². The second-order valence-corrected chi connectivity index (χ2v) is 5.84. The summed E-state index contributed by atoms with van der Waals surface area (Å²) < 4.78 is 50.7. The fourth-order valence-corrected chi connectivity index (χ4v) is 1.71. The molecule has 0 bridgehead atoms. The van der Waals surface area contributed by atoms with E-state index in [1.165, 1.54) is 12.4 Å². The molecule has 0 radical (unpaired) electrons. The summed E-state index contributed by atoms with van der Waals surface area (Å²) in [6, 6.07) is 0. The molecule has 6 nitrogen and oxygen atoms in total. The lowest BCUT2D eigenvalue weighted by Gasteiger charge is -2.32. The Hall–Kier alpha value is -1.39. The average Bonchev–Trinajstić information content (AvgIpc) is 2.58. The fourth-order valence-electron chi connectivity index (χ4n) is 1.71. The summed E-state index contributed by atoms with van der Waals surface area (Å²) in [7, 11) is -0.620. The number of ether oxygens (including phenoxy) is 1. The van der Waals surface area contributed by atoms with Crippen LogP contribution < -0.4 is 10.8 Å². The van der Waals surface area contributed by atoms with E-state index >= 15 is 0 Å². The number of halogens is 3. The van der Waals surface area contributed by atoms with Crippen LogP contribution in [-0.2, 0) is 14.0 Å². The summed E-state index contributed by atoms with van der Waals surface area (Å²) in [5.41, 5.74) is -0.398. The van der Waals surface area contributed by atoms with Gasteiger partial charge in [-0.1, -0.05) is 0 Å². The van der Waals surface area contributed by atoms with Crippen molar-refractivity contribution in [2.24, 2.45) is 0 Å². The van der Waals surface area contributed by atoms with Crippen LogP contribution in [0.2, 0.25) is 0 Å². The Balaban J connectivity index is 1.96. The highest BCUT2D eigenvalue weighted by atomic mass is 19.4. The molecule has 22 heavy (non-hydrogen) atoms. The molecule has 0 aliphatic carbocycles. The SMILES string of the molecule is CC1(C)OB(c2cnc(NCOC(F)(F)F)nc2)OC1(C)C. The first-order valence-corrected chi connectivity index (χ1v) is 6.62. The Labute approximate surface area is 126 Å². The topological polar surface area (TPSA) is 65.5 Å². The third kappa shape index (κ3) is 3.87. The maximum Gasteiger partial charge on any atom is 0.524 e. The van der Waals surface area contributed by atoms with Crippen LogP contribution in [0.15, 0.2) is 12.4 Å². The van der Waals surface area contributed by atoms with Gasteiger partial charge in [-0.05, 0) is 27.7 Å². The van der Waals surface area contributed by atoms with Gasteiger partial charge >= 0.3 is 13.5 Å². The second kappa shape index (κ2) is 5.67. The maximum absolute atomic E-state index is 11.8. The van der Waals surface area contributed by atoms with Gasteiger partial charge in [-0.15, -0.1) is 13.2 Å². The lowest BCUT2D eigenvalue weighted by molar-refractivity contribution is -0.321. The minimum absolute atomic E-state index is 0.0181. The predicted octanol–water partition coefficient (Wildman–Crippen LogP) is 1.68. The van der Waals surface area contributed by atoms with Crippen LogP contribution in [0.5, 0.6) is 0 Å². The smallest absolute Gasteiger partial charge is 0.399 e. The molecule has 0 atom stereocenters. The zero-order valence-electron chi connectivity index (χ0n) is 12.7. The Morgan fingerprint density at radius 3 is 2.09 bits per heavy atom. The third-order valence-corrected chi connectivity index (χ3v) is 3.66. The molecule has 2 heterocycles. The van der Waals surface area contributed by atoms with Crippen LogP contribution in [0.4, 0.5) is 19.1 Å². The molecule has 0 unspecified atom stereocenters. The minimum Gasteiger partial charge on any atom is -0.399 e. The number of aromatic nitrogens is 2. The van der Waals surface area contributed by atoms with Crippen LogP contribution >= 0.6 is 0 Å². The second-order valence-electron chi connectivity index (χ2n) is 5.84. The largest absolute Gasteiger partial charge is 0.524 e. The Kier molecular flexibility index (Phi) is 4.38. The first-order chi connectivity index (χ1) is 10.0. The number of hydrogen-bond acceptors (Lipinski definition) is 6. The summed E-state index contributed by atoms with van der Waals surface area (Å²) in [6.07, 6.45) is -1.83. The summed E-state index contributed by atoms with van der Waals surface area (Å²) in [4.78, 5) is 7.82. The first-order valence-electron chi connectivity index (χ1n) is 6.62. The van der Waals surface area contributed by atoms with Crippen LogP contribution in [0.25, 0.3) is 0 Å². The molecule has 122 valence electrons. The lowest BCUT2D eigenvalue weighted by atomic mass is 9.81. The molecule has 1 aliphatic rings. The Morgan fingerprint density at radius 1 is 1.14 bits per heavy atom. The number of rotatable bonds is 4. The van der Waals surface area contributed by atoms with Gasteiger partial charge in [-0.3, -0.25) is 4.74 Å². The first kappa shape index (κ1) is 17.0. The summed E-state index contributed by atoms with van der Waals surface area (Å²) >= 11 is 0. The summed E-state index contributed by atoms with van der Waals surface area (Å²) in [6.45, 7) is 6.90. The molecule has 1 aromatic heterocycles. The fraction of sp³-hybridized carbons (Fsp3) is 0.667. The van der Waals surface area contributed by atoms with Crippen molar-refractivity contribution in [3.8, 4) is 0 Å². The van der Waals surface area contributed by atoms with Crippen LogP contribution in [0.3, 0.4) is 0 Å². The van der Waals surface area contributed by atoms with Crippen molar-refractivity contribution in [1.29, 1.82) is 0 Å². The van der Waals surface area contributed by atoms with E-state index in [0.29, 0.717) is 5.46 Å².